The summed E-state index contributed by atoms with van der Waals surface area (Å²) in [6.45, 7) is 3.48. The number of thiazole rings is 1. The maximum atomic E-state index is 12.9. The number of thiophene rings is 1. The summed E-state index contributed by atoms with van der Waals surface area (Å²) in [6.07, 6.45) is 2.26. The largest absolute Gasteiger partial charge is 0.339 e. The third kappa shape index (κ3) is 4.00. The normalized spacial score (nSPS) is 13.7. The minimum absolute atomic E-state index is 0.00913. The summed E-state index contributed by atoms with van der Waals surface area (Å²) in [5.74, 6) is -0.169. The second-order valence-electron chi connectivity index (χ2n) is 6.84. The summed E-state index contributed by atoms with van der Waals surface area (Å²) in [5.41, 5.74) is 2.80. The van der Waals surface area contributed by atoms with E-state index in [0.29, 0.717) is 11.3 Å². The SMILES string of the molecule is Cc1cccc(C(=O)N2CCCC2)c1NC(=O)Cc1csc(-c2cccs2)n1. The first-order valence-corrected chi connectivity index (χ1v) is 11.0. The zero-order valence-electron chi connectivity index (χ0n) is 15.6. The van der Waals surface area contributed by atoms with Crippen molar-refractivity contribution in [1.29, 1.82) is 0 Å². The van der Waals surface area contributed by atoms with E-state index in [9.17, 15) is 9.59 Å². The van der Waals surface area contributed by atoms with E-state index in [0.717, 1.165) is 47.1 Å². The number of amides is 2. The highest BCUT2D eigenvalue weighted by Gasteiger charge is 2.23. The van der Waals surface area contributed by atoms with Gasteiger partial charge in [0.1, 0.15) is 5.01 Å². The van der Waals surface area contributed by atoms with Crippen LogP contribution >= 0.6 is 22.7 Å². The molecule has 1 aromatic carbocycles. The lowest BCUT2D eigenvalue weighted by Crippen LogP contribution is -2.29. The van der Waals surface area contributed by atoms with Gasteiger partial charge in [-0.25, -0.2) is 4.98 Å². The van der Waals surface area contributed by atoms with E-state index < -0.39 is 0 Å². The van der Waals surface area contributed by atoms with Gasteiger partial charge in [0.2, 0.25) is 5.91 Å². The van der Waals surface area contributed by atoms with Crippen LogP contribution in [-0.2, 0) is 11.2 Å². The van der Waals surface area contributed by atoms with Crippen molar-refractivity contribution in [3.63, 3.8) is 0 Å². The Morgan fingerprint density at radius 2 is 1.96 bits per heavy atom. The van der Waals surface area contributed by atoms with Crippen molar-refractivity contribution in [2.75, 3.05) is 18.4 Å². The van der Waals surface area contributed by atoms with E-state index in [1.165, 1.54) is 0 Å². The number of para-hydroxylation sites is 1. The topological polar surface area (TPSA) is 62.3 Å². The Kier molecular flexibility index (Phi) is 5.54. The van der Waals surface area contributed by atoms with Gasteiger partial charge in [0, 0.05) is 18.5 Å². The average molecular weight is 412 g/mol. The third-order valence-corrected chi connectivity index (χ3v) is 6.72. The Morgan fingerprint density at radius 1 is 1.14 bits per heavy atom. The zero-order valence-corrected chi connectivity index (χ0v) is 17.2. The van der Waals surface area contributed by atoms with E-state index >= 15 is 0 Å². The number of aryl methyl sites for hydroxylation is 1. The molecule has 5 nitrogen and oxygen atoms in total. The van der Waals surface area contributed by atoms with Gasteiger partial charge < -0.3 is 10.2 Å². The molecular weight excluding hydrogens is 390 g/mol. The zero-order chi connectivity index (χ0) is 19.5. The summed E-state index contributed by atoms with van der Waals surface area (Å²) in [6, 6.07) is 9.58. The van der Waals surface area contributed by atoms with E-state index in [1.54, 1.807) is 28.7 Å². The summed E-state index contributed by atoms with van der Waals surface area (Å²) < 4.78 is 0. The number of rotatable bonds is 5. The lowest BCUT2D eigenvalue weighted by atomic mass is 10.1. The van der Waals surface area contributed by atoms with Gasteiger partial charge >= 0.3 is 0 Å². The van der Waals surface area contributed by atoms with Gasteiger partial charge in [-0.05, 0) is 42.8 Å². The quantitative estimate of drug-likeness (QED) is 0.668. The highest BCUT2D eigenvalue weighted by Crippen LogP contribution is 2.28. The molecule has 28 heavy (non-hydrogen) atoms. The predicted molar refractivity (Wildman–Crippen MR) is 114 cm³/mol. The molecular formula is C21H21N3O2S2. The average Bonchev–Trinajstić information content (AvgIpc) is 3.44. The van der Waals surface area contributed by atoms with Gasteiger partial charge in [-0.15, -0.1) is 22.7 Å². The predicted octanol–water partition coefficient (Wildman–Crippen LogP) is 4.60. The smallest absolute Gasteiger partial charge is 0.255 e. The highest BCUT2D eigenvalue weighted by atomic mass is 32.1. The molecule has 3 heterocycles. The fourth-order valence-corrected chi connectivity index (χ4v) is 4.99. The Labute approximate surface area is 172 Å². The van der Waals surface area contributed by atoms with Crippen molar-refractivity contribution in [2.24, 2.45) is 0 Å². The van der Waals surface area contributed by atoms with Crippen LogP contribution in [0.5, 0.6) is 0 Å². The third-order valence-electron chi connectivity index (χ3n) is 4.79. The molecule has 144 valence electrons. The van der Waals surface area contributed by atoms with Crippen LogP contribution in [0.3, 0.4) is 0 Å². The Hall–Kier alpha value is -2.51. The standard InChI is InChI=1S/C21H21N3O2S2/c1-14-6-4-7-16(21(26)24-9-2-3-10-24)19(14)23-18(25)12-15-13-28-20(22-15)17-8-5-11-27-17/h4-8,11,13H,2-3,9-10,12H2,1H3,(H,23,25). The highest BCUT2D eigenvalue weighted by molar-refractivity contribution is 7.20. The van der Waals surface area contributed by atoms with Gasteiger partial charge in [-0.1, -0.05) is 18.2 Å². The summed E-state index contributed by atoms with van der Waals surface area (Å²) in [5, 5.41) is 7.82. The molecule has 3 aromatic rings. The van der Waals surface area contributed by atoms with Gasteiger partial charge in [0.25, 0.3) is 5.91 Å². The molecule has 0 atom stereocenters. The van der Waals surface area contributed by atoms with Crippen molar-refractivity contribution in [3.05, 3.63) is 57.9 Å². The van der Waals surface area contributed by atoms with Crippen molar-refractivity contribution in [1.82, 2.24) is 9.88 Å². The first kappa shape index (κ1) is 18.8. The number of hydrogen-bond acceptors (Lipinski definition) is 5. The molecule has 1 N–H and O–H groups in total. The first-order valence-electron chi connectivity index (χ1n) is 9.29. The van der Waals surface area contributed by atoms with E-state index in [1.807, 2.05) is 46.8 Å². The van der Waals surface area contributed by atoms with E-state index in [4.69, 9.17) is 0 Å². The Bertz CT molecular complexity index is 989. The van der Waals surface area contributed by atoms with Crippen LogP contribution in [0.15, 0.2) is 41.1 Å². The van der Waals surface area contributed by atoms with Gasteiger partial charge in [0.05, 0.1) is 28.2 Å². The van der Waals surface area contributed by atoms with Crippen molar-refractivity contribution >= 4 is 40.2 Å². The Morgan fingerprint density at radius 3 is 2.71 bits per heavy atom. The lowest BCUT2D eigenvalue weighted by molar-refractivity contribution is -0.115. The van der Waals surface area contributed by atoms with Gasteiger partial charge in [-0.3, -0.25) is 9.59 Å². The maximum Gasteiger partial charge on any atom is 0.255 e. The van der Waals surface area contributed by atoms with Crippen LogP contribution in [0, 0.1) is 6.92 Å². The molecule has 0 radical (unpaired) electrons. The molecule has 4 rings (SSSR count). The van der Waals surface area contributed by atoms with Crippen LogP contribution in [0.2, 0.25) is 0 Å². The van der Waals surface area contributed by atoms with Gasteiger partial charge in [0.15, 0.2) is 0 Å². The van der Waals surface area contributed by atoms with E-state index in [2.05, 4.69) is 10.3 Å². The second kappa shape index (κ2) is 8.24. The number of anilines is 1. The molecule has 1 saturated heterocycles. The van der Waals surface area contributed by atoms with Crippen LogP contribution in [0.4, 0.5) is 5.69 Å². The van der Waals surface area contributed by atoms with Crippen LogP contribution in [0.25, 0.3) is 9.88 Å². The molecule has 7 heteroatoms. The van der Waals surface area contributed by atoms with Crippen molar-refractivity contribution in [3.8, 4) is 9.88 Å². The molecule has 2 aromatic heterocycles. The van der Waals surface area contributed by atoms with Gasteiger partial charge in [-0.2, -0.15) is 0 Å². The molecule has 0 spiro atoms. The minimum Gasteiger partial charge on any atom is -0.339 e. The first-order chi connectivity index (χ1) is 13.6. The molecule has 1 fully saturated rings. The molecule has 0 unspecified atom stereocenters. The second-order valence-corrected chi connectivity index (χ2v) is 8.65. The number of carbonyl (C=O) groups excluding carboxylic acids is 2. The number of hydrogen-bond donors (Lipinski definition) is 1. The molecule has 0 aliphatic carbocycles. The van der Waals surface area contributed by atoms with E-state index in [-0.39, 0.29) is 18.2 Å². The number of nitrogens with one attached hydrogen (secondary N) is 1. The molecule has 1 aliphatic rings. The van der Waals surface area contributed by atoms with Crippen molar-refractivity contribution < 1.29 is 9.59 Å². The number of nitrogens with zero attached hydrogens (tertiary/aromatic N) is 2. The monoisotopic (exact) mass is 411 g/mol. The maximum absolute atomic E-state index is 12.9. The molecule has 0 bridgehead atoms. The fraction of sp³-hybridized carbons (Fsp3) is 0.286. The molecule has 1 aliphatic heterocycles. The fourth-order valence-electron chi connectivity index (χ4n) is 3.35. The minimum atomic E-state index is -0.159. The lowest BCUT2D eigenvalue weighted by Gasteiger charge is -2.19. The van der Waals surface area contributed by atoms with Crippen LogP contribution < -0.4 is 5.32 Å². The molecule has 2 amide bonds. The van der Waals surface area contributed by atoms with Crippen LogP contribution in [0.1, 0.15) is 34.5 Å². The number of likely N-dealkylation sites (tertiary alicyclic amines) is 1. The molecule has 0 saturated carbocycles. The summed E-state index contributed by atoms with van der Waals surface area (Å²) >= 11 is 3.18. The van der Waals surface area contributed by atoms with Crippen LogP contribution in [-0.4, -0.2) is 34.8 Å². The number of aromatic nitrogens is 1. The summed E-state index contributed by atoms with van der Waals surface area (Å²) in [7, 11) is 0. The number of carbonyl (C=O) groups is 2. The number of benzene rings is 1. The summed E-state index contributed by atoms with van der Waals surface area (Å²) in [4.78, 5) is 33.1. The van der Waals surface area contributed by atoms with Crippen molar-refractivity contribution in [2.45, 2.75) is 26.2 Å². The Balaban J connectivity index is 1.49.